The highest BCUT2D eigenvalue weighted by Crippen LogP contribution is 2.46. The van der Waals surface area contributed by atoms with Gasteiger partial charge in [-0.3, -0.25) is 0 Å². The van der Waals surface area contributed by atoms with Gasteiger partial charge >= 0.3 is 0 Å². The smallest absolute Gasteiger partial charge is 0.162 e. The lowest BCUT2D eigenvalue weighted by molar-refractivity contribution is 1.19. The van der Waals surface area contributed by atoms with Crippen LogP contribution in [-0.2, 0) is 0 Å². The van der Waals surface area contributed by atoms with Crippen molar-refractivity contribution in [2.24, 2.45) is 0 Å². The summed E-state index contributed by atoms with van der Waals surface area (Å²) < 4.78 is 2.59. The van der Waals surface area contributed by atoms with Gasteiger partial charge in [-0.25, -0.2) is 9.97 Å². The second kappa shape index (κ2) is 9.10. The molecule has 6 aromatic carbocycles. The van der Waals surface area contributed by atoms with Crippen LogP contribution < -0.4 is 0 Å². The molecule has 42 heavy (non-hydrogen) atoms. The Morgan fingerprint density at radius 1 is 0.476 bits per heavy atom. The largest absolute Gasteiger partial charge is 0.353 e. The monoisotopic (exact) mass is 553 g/mol. The van der Waals surface area contributed by atoms with E-state index in [1.807, 2.05) is 23.5 Å². The Balaban J connectivity index is 1.39. The summed E-state index contributed by atoms with van der Waals surface area (Å²) in [5.41, 5.74) is 7.19. The van der Waals surface area contributed by atoms with Crippen LogP contribution in [0.2, 0.25) is 0 Å². The summed E-state index contributed by atoms with van der Waals surface area (Å²) in [5, 5.41) is 7.62. The standard InChI is InChI=1S/C38H23N3S/c1-3-12-23(13-4-1)30-22-31(24-14-5-2-6-15-24)40-38(39-30)29-20-11-19-28-33-25-16-7-8-17-26(25)34-27-18-9-10-21-32(27)42-37(34)36(33)41-35(28)29/h1-22,41H. The Bertz CT molecular complexity index is 2400. The molecule has 0 atom stereocenters. The molecule has 3 aromatic heterocycles. The van der Waals surface area contributed by atoms with E-state index in [-0.39, 0.29) is 0 Å². The molecule has 1 N–H and O–H groups in total. The molecular weight excluding hydrogens is 531 g/mol. The number of thiophene rings is 1. The third kappa shape index (κ3) is 3.46. The zero-order valence-corrected chi connectivity index (χ0v) is 23.3. The van der Waals surface area contributed by atoms with Gasteiger partial charge in [-0.05, 0) is 29.0 Å². The molecule has 9 aromatic rings. The number of hydrogen-bond acceptors (Lipinski definition) is 3. The highest BCUT2D eigenvalue weighted by molar-refractivity contribution is 7.27. The average molecular weight is 554 g/mol. The third-order valence-corrected chi connectivity index (χ3v) is 9.42. The predicted octanol–water partition coefficient (Wildman–Crippen LogP) is 10.6. The molecule has 0 aliphatic rings. The zero-order valence-electron chi connectivity index (χ0n) is 22.5. The summed E-state index contributed by atoms with van der Waals surface area (Å²) >= 11 is 1.86. The maximum absolute atomic E-state index is 5.15. The molecule has 0 bridgehead atoms. The fraction of sp³-hybridized carbons (Fsp3) is 0. The maximum Gasteiger partial charge on any atom is 0.162 e. The van der Waals surface area contributed by atoms with Gasteiger partial charge in [0.2, 0.25) is 0 Å². The van der Waals surface area contributed by atoms with Gasteiger partial charge in [-0.2, -0.15) is 0 Å². The number of fused-ring (bicyclic) bond motifs is 10. The van der Waals surface area contributed by atoms with Crippen LogP contribution in [0.3, 0.4) is 0 Å². The number of benzene rings is 6. The van der Waals surface area contributed by atoms with E-state index in [9.17, 15) is 0 Å². The van der Waals surface area contributed by atoms with Crippen LogP contribution in [-0.4, -0.2) is 15.0 Å². The van der Waals surface area contributed by atoms with Gasteiger partial charge < -0.3 is 4.98 Å². The molecule has 0 saturated heterocycles. The van der Waals surface area contributed by atoms with Gasteiger partial charge in [0.1, 0.15) is 0 Å². The number of nitrogens with one attached hydrogen (secondary N) is 1. The van der Waals surface area contributed by atoms with E-state index in [0.717, 1.165) is 33.6 Å². The lowest BCUT2D eigenvalue weighted by Gasteiger charge is -2.10. The van der Waals surface area contributed by atoms with Gasteiger partial charge in [-0.15, -0.1) is 11.3 Å². The van der Waals surface area contributed by atoms with Crippen molar-refractivity contribution in [1.29, 1.82) is 0 Å². The summed E-state index contributed by atoms with van der Waals surface area (Å²) in [5.74, 6) is 0.712. The van der Waals surface area contributed by atoms with Crippen molar-refractivity contribution in [2.75, 3.05) is 0 Å². The zero-order chi connectivity index (χ0) is 27.6. The molecule has 0 aliphatic carbocycles. The van der Waals surface area contributed by atoms with Crippen LogP contribution in [0.1, 0.15) is 0 Å². The van der Waals surface area contributed by atoms with E-state index >= 15 is 0 Å². The molecule has 0 unspecified atom stereocenters. The Morgan fingerprint density at radius 2 is 1.05 bits per heavy atom. The van der Waals surface area contributed by atoms with Crippen molar-refractivity contribution < 1.29 is 0 Å². The van der Waals surface area contributed by atoms with Gasteiger partial charge in [-0.1, -0.05) is 115 Å². The summed E-state index contributed by atoms with van der Waals surface area (Å²) in [7, 11) is 0. The molecular formula is C38H23N3S. The normalized spacial score (nSPS) is 11.8. The van der Waals surface area contributed by atoms with E-state index in [1.165, 1.54) is 47.2 Å². The van der Waals surface area contributed by atoms with Crippen LogP contribution >= 0.6 is 11.3 Å². The molecule has 9 rings (SSSR count). The van der Waals surface area contributed by atoms with E-state index in [2.05, 4.69) is 126 Å². The molecule has 196 valence electrons. The number of H-pyrrole nitrogens is 1. The fourth-order valence-corrected chi connectivity index (χ4v) is 7.57. The van der Waals surface area contributed by atoms with Crippen LogP contribution in [0.25, 0.3) is 86.7 Å². The molecule has 4 heteroatoms. The van der Waals surface area contributed by atoms with Crippen LogP contribution in [0.5, 0.6) is 0 Å². The van der Waals surface area contributed by atoms with Crippen LogP contribution in [0.15, 0.2) is 133 Å². The first-order valence-electron chi connectivity index (χ1n) is 14.1. The first-order valence-corrected chi connectivity index (χ1v) is 14.9. The number of aromatic nitrogens is 3. The van der Waals surface area contributed by atoms with Gasteiger partial charge in [0.05, 0.1) is 27.1 Å². The van der Waals surface area contributed by atoms with Crippen molar-refractivity contribution >= 4 is 64.1 Å². The maximum atomic E-state index is 5.15. The highest BCUT2D eigenvalue weighted by atomic mass is 32.1. The van der Waals surface area contributed by atoms with Crippen molar-refractivity contribution in [3.63, 3.8) is 0 Å². The summed E-state index contributed by atoms with van der Waals surface area (Å²) in [6.45, 7) is 0. The Morgan fingerprint density at radius 3 is 1.74 bits per heavy atom. The molecule has 0 fully saturated rings. The fourth-order valence-electron chi connectivity index (χ4n) is 6.34. The molecule has 0 aliphatic heterocycles. The predicted molar refractivity (Wildman–Crippen MR) is 178 cm³/mol. The van der Waals surface area contributed by atoms with Crippen molar-refractivity contribution in [2.45, 2.75) is 0 Å². The van der Waals surface area contributed by atoms with E-state index in [1.54, 1.807) is 0 Å². The minimum atomic E-state index is 0.712. The van der Waals surface area contributed by atoms with Gasteiger partial charge in [0, 0.05) is 42.9 Å². The summed E-state index contributed by atoms with van der Waals surface area (Å²) in [6, 6.07) is 46.8. The first kappa shape index (κ1) is 23.4. The lowest BCUT2D eigenvalue weighted by Crippen LogP contribution is -1.96. The number of aromatic amines is 1. The quantitative estimate of drug-likeness (QED) is 0.236. The second-order valence-electron chi connectivity index (χ2n) is 10.6. The second-order valence-corrected chi connectivity index (χ2v) is 11.7. The molecule has 0 amide bonds. The minimum absolute atomic E-state index is 0.712. The van der Waals surface area contributed by atoms with Crippen molar-refractivity contribution in [1.82, 2.24) is 15.0 Å². The molecule has 3 nitrogen and oxygen atoms in total. The number of nitrogens with zero attached hydrogens (tertiary/aromatic N) is 2. The average Bonchev–Trinajstić information content (AvgIpc) is 3.65. The van der Waals surface area contributed by atoms with Crippen molar-refractivity contribution in [3.8, 4) is 33.9 Å². The molecule has 0 spiro atoms. The summed E-state index contributed by atoms with van der Waals surface area (Å²) in [4.78, 5) is 14.2. The first-order chi connectivity index (χ1) is 20.8. The number of rotatable bonds is 3. The Hall–Kier alpha value is -5.32. The summed E-state index contributed by atoms with van der Waals surface area (Å²) in [6.07, 6.45) is 0. The van der Waals surface area contributed by atoms with Gasteiger partial charge in [0.25, 0.3) is 0 Å². The Kier molecular flexibility index (Phi) is 5.07. The van der Waals surface area contributed by atoms with Crippen molar-refractivity contribution in [3.05, 3.63) is 133 Å². The Labute approximate surface area is 245 Å². The van der Waals surface area contributed by atoms with Crippen LogP contribution in [0, 0.1) is 0 Å². The van der Waals surface area contributed by atoms with E-state index in [4.69, 9.17) is 9.97 Å². The highest BCUT2D eigenvalue weighted by Gasteiger charge is 2.20. The van der Waals surface area contributed by atoms with E-state index < -0.39 is 0 Å². The van der Waals surface area contributed by atoms with Gasteiger partial charge in [0.15, 0.2) is 5.82 Å². The third-order valence-electron chi connectivity index (χ3n) is 8.23. The van der Waals surface area contributed by atoms with E-state index in [0.29, 0.717) is 5.82 Å². The topological polar surface area (TPSA) is 41.6 Å². The minimum Gasteiger partial charge on any atom is -0.353 e. The molecule has 0 saturated carbocycles. The number of para-hydroxylation sites is 1. The SMILES string of the molecule is c1ccc(-c2cc(-c3ccccc3)nc(-c3cccc4c3[nH]c3c5sc6ccccc6c5c5ccccc5c43)n2)cc1. The lowest BCUT2D eigenvalue weighted by atomic mass is 9.98. The number of hydrogen-bond donors (Lipinski definition) is 1. The van der Waals surface area contributed by atoms with Crippen LogP contribution in [0.4, 0.5) is 0 Å². The molecule has 0 radical (unpaired) electrons. The molecule has 3 heterocycles.